The van der Waals surface area contributed by atoms with E-state index in [1.807, 2.05) is 0 Å². The van der Waals surface area contributed by atoms with Crippen LogP contribution in [0.1, 0.15) is 5.56 Å². The molecule has 0 saturated carbocycles. The average Bonchev–Trinajstić information content (AvgIpc) is 2.63. The molecule has 0 saturated heterocycles. The van der Waals surface area contributed by atoms with Gasteiger partial charge in [0, 0.05) is 20.6 Å². The SMILES string of the molecule is Cn1c(=O)c2cc(S(=O)(=O)NCc3ccc(F)cc3)ccc2n(C)c1=O. The van der Waals surface area contributed by atoms with Crippen molar-refractivity contribution in [1.82, 2.24) is 13.9 Å². The summed E-state index contributed by atoms with van der Waals surface area (Å²) in [5, 5.41) is 0.124. The summed E-state index contributed by atoms with van der Waals surface area (Å²) in [5.74, 6) is -0.410. The van der Waals surface area contributed by atoms with Crippen molar-refractivity contribution in [3.05, 3.63) is 74.7 Å². The Morgan fingerprint density at radius 1 is 1.00 bits per heavy atom. The van der Waals surface area contributed by atoms with Crippen LogP contribution in [-0.2, 0) is 30.7 Å². The Morgan fingerprint density at radius 3 is 2.31 bits per heavy atom. The van der Waals surface area contributed by atoms with Crippen LogP contribution < -0.4 is 16.0 Å². The Kier molecular flexibility index (Phi) is 4.51. The summed E-state index contributed by atoms with van der Waals surface area (Å²) in [6.07, 6.45) is 0. The zero-order valence-electron chi connectivity index (χ0n) is 14.1. The second kappa shape index (κ2) is 6.50. The molecule has 0 fully saturated rings. The van der Waals surface area contributed by atoms with Crippen LogP contribution in [0.15, 0.2) is 56.9 Å². The lowest BCUT2D eigenvalue weighted by Gasteiger charge is -2.10. The Bertz CT molecular complexity index is 1210. The normalized spacial score (nSPS) is 11.8. The van der Waals surface area contributed by atoms with Crippen molar-refractivity contribution in [2.75, 3.05) is 0 Å². The maximum absolute atomic E-state index is 12.9. The van der Waals surface area contributed by atoms with Crippen molar-refractivity contribution in [2.24, 2.45) is 14.1 Å². The van der Waals surface area contributed by atoms with Crippen LogP contribution in [0.5, 0.6) is 0 Å². The van der Waals surface area contributed by atoms with Gasteiger partial charge < -0.3 is 0 Å². The Morgan fingerprint density at radius 2 is 1.65 bits per heavy atom. The number of halogens is 1. The topological polar surface area (TPSA) is 90.2 Å². The second-order valence-electron chi connectivity index (χ2n) is 5.84. The molecule has 0 unspecified atom stereocenters. The van der Waals surface area contributed by atoms with E-state index < -0.39 is 27.1 Å². The van der Waals surface area contributed by atoms with Crippen molar-refractivity contribution in [2.45, 2.75) is 11.4 Å². The first kappa shape index (κ1) is 18.0. The summed E-state index contributed by atoms with van der Waals surface area (Å²) in [6.45, 7) is -0.0219. The number of benzene rings is 2. The molecule has 7 nitrogen and oxygen atoms in total. The highest BCUT2D eigenvalue weighted by molar-refractivity contribution is 7.89. The summed E-state index contributed by atoms with van der Waals surface area (Å²) in [6, 6.07) is 9.42. The Balaban J connectivity index is 2.00. The van der Waals surface area contributed by atoms with Crippen molar-refractivity contribution in [3.63, 3.8) is 0 Å². The number of nitrogens with zero attached hydrogens (tertiary/aromatic N) is 2. The van der Waals surface area contributed by atoms with Crippen molar-refractivity contribution >= 4 is 20.9 Å². The van der Waals surface area contributed by atoms with Gasteiger partial charge in [0.2, 0.25) is 10.0 Å². The van der Waals surface area contributed by atoms with Crippen LogP contribution in [-0.4, -0.2) is 17.6 Å². The largest absolute Gasteiger partial charge is 0.330 e. The molecule has 0 spiro atoms. The van der Waals surface area contributed by atoms with Gasteiger partial charge in [0.1, 0.15) is 5.82 Å². The van der Waals surface area contributed by atoms with Gasteiger partial charge in [-0.25, -0.2) is 22.3 Å². The molecule has 136 valence electrons. The van der Waals surface area contributed by atoms with E-state index in [1.165, 1.54) is 61.1 Å². The first-order chi connectivity index (χ1) is 12.2. The van der Waals surface area contributed by atoms with E-state index in [0.29, 0.717) is 11.1 Å². The molecule has 0 aliphatic heterocycles. The zero-order chi connectivity index (χ0) is 19.1. The molecular formula is C17H16FN3O4S. The van der Waals surface area contributed by atoms with Gasteiger partial charge in [0.15, 0.2) is 0 Å². The summed E-state index contributed by atoms with van der Waals surface area (Å²) in [5.41, 5.74) is -0.129. The molecule has 0 atom stereocenters. The lowest BCUT2D eigenvalue weighted by molar-refractivity contribution is 0.581. The van der Waals surface area contributed by atoms with Gasteiger partial charge in [-0.3, -0.25) is 13.9 Å². The molecular weight excluding hydrogens is 361 g/mol. The minimum absolute atomic E-state index is 0.0219. The fraction of sp³-hybridized carbons (Fsp3) is 0.176. The number of hydrogen-bond donors (Lipinski definition) is 1. The average molecular weight is 377 g/mol. The van der Waals surface area contributed by atoms with Crippen LogP contribution in [0.4, 0.5) is 4.39 Å². The molecule has 0 aliphatic carbocycles. The van der Waals surface area contributed by atoms with Gasteiger partial charge in [-0.05, 0) is 35.9 Å². The third-order valence-electron chi connectivity index (χ3n) is 4.13. The lowest BCUT2D eigenvalue weighted by atomic mass is 10.2. The van der Waals surface area contributed by atoms with E-state index in [0.717, 1.165) is 4.57 Å². The fourth-order valence-corrected chi connectivity index (χ4v) is 3.65. The van der Waals surface area contributed by atoms with Gasteiger partial charge in [0.25, 0.3) is 5.56 Å². The molecule has 3 rings (SSSR count). The number of hydrogen-bond acceptors (Lipinski definition) is 4. The summed E-state index contributed by atoms with van der Waals surface area (Å²) < 4.78 is 42.5. The third kappa shape index (κ3) is 3.18. The van der Waals surface area contributed by atoms with Crippen molar-refractivity contribution in [1.29, 1.82) is 0 Å². The van der Waals surface area contributed by atoms with E-state index in [9.17, 15) is 22.4 Å². The predicted molar refractivity (Wildman–Crippen MR) is 94.9 cm³/mol. The smallest absolute Gasteiger partial charge is 0.296 e. The summed E-state index contributed by atoms with van der Waals surface area (Å²) in [7, 11) is -1.06. The zero-order valence-corrected chi connectivity index (χ0v) is 14.9. The second-order valence-corrected chi connectivity index (χ2v) is 7.60. The van der Waals surface area contributed by atoms with Gasteiger partial charge >= 0.3 is 5.69 Å². The van der Waals surface area contributed by atoms with Gasteiger partial charge in [-0.1, -0.05) is 12.1 Å². The van der Waals surface area contributed by atoms with Crippen LogP contribution in [0.25, 0.3) is 10.9 Å². The molecule has 26 heavy (non-hydrogen) atoms. The van der Waals surface area contributed by atoms with Gasteiger partial charge in [0.05, 0.1) is 15.8 Å². The molecule has 1 aromatic heterocycles. The van der Waals surface area contributed by atoms with Crippen molar-refractivity contribution < 1.29 is 12.8 Å². The van der Waals surface area contributed by atoms with Crippen LogP contribution in [0.2, 0.25) is 0 Å². The highest BCUT2D eigenvalue weighted by atomic mass is 32.2. The summed E-state index contributed by atoms with van der Waals surface area (Å²) in [4.78, 5) is 24.1. The van der Waals surface area contributed by atoms with Gasteiger partial charge in [-0.15, -0.1) is 0 Å². The molecule has 0 radical (unpaired) electrons. The number of nitrogens with one attached hydrogen (secondary N) is 1. The third-order valence-corrected chi connectivity index (χ3v) is 5.53. The number of sulfonamides is 1. The monoisotopic (exact) mass is 377 g/mol. The van der Waals surface area contributed by atoms with E-state index >= 15 is 0 Å². The number of rotatable bonds is 4. The number of fused-ring (bicyclic) bond motifs is 1. The highest BCUT2D eigenvalue weighted by Gasteiger charge is 2.17. The molecule has 9 heteroatoms. The molecule has 3 aromatic rings. The molecule has 1 N–H and O–H groups in total. The number of aryl methyl sites for hydroxylation is 1. The highest BCUT2D eigenvalue weighted by Crippen LogP contribution is 2.16. The van der Waals surface area contributed by atoms with E-state index in [2.05, 4.69) is 4.72 Å². The van der Waals surface area contributed by atoms with Crippen molar-refractivity contribution in [3.8, 4) is 0 Å². The standard InChI is InChI=1S/C17H16FN3O4S/c1-20-15-8-7-13(9-14(15)16(22)21(2)17(20)23)26(24,25)19-10-11-3-5-12(18)6-4-11/h3-9,19H,10H2,1-2H3. The molecule has 1 heterocycles. The van der Waals surface area contributed by atoms with E-state index in [1.54, 1.807) is 0 Å². The quantitative estimate of drug-likeness (QED) is 0.730. The lowest BCUT2D eigenvalue weighted by Crippen LogP contribution is -2.37. The van der Waals surface area contributed by atoms with Crippen LogP contribution in [0.3, 0.4) is 0 Å². The predicted octanol–water partition coefficient (Wildman–Crippen LogP) is 0.855. The van der Waals surface area contributed by atoms with E-state index in [4.69, 9.17) is 0 Å². The summed E-state index contributed by atoms with van der Waals surface area (Å²) >= 11 is 0. The van der Waals surface area contributed by atoms with Crippen LogP contribution in [0, 0.1) is 5.82 Å². The fourth-order valence-electron chi connectivity index (χ4n) is 2.61. The molecule has 0 bridgehead atoms. The molecule has 0 amide bonds. The molecule has 0 aliphatic rings. The minimum Gasteiger partial charge on any atom is -0.296 e. The first-order valence-corrected chi connectivity index (χ1v) is 9.13. The van der Waals surface area contributed by atoms with Crippen LogP contribution >= 0.6 is 0 Å². The maximum atomic E-state index is 12.9. The Hall–Kier alpha value is -2.78. The molecule has 2 aromatic carbocycles. The van der Waals surface area contributed by atoms with E-state index in [-0.39, 0.29) is 16.8 Å². The minimum atomic E-state index is -3.89. The van der Waals surface area contributed by atoms with Gasteiger partial charge in [-0.2, -0.15) is 0 Å². The first-order valence-electron chi connectivity index (χ1n) is 7.64. The Labute approximate surface area is 148 Å². The maximum Gasteiger partial charge on any atom is 0.330 e. The number of aromatic nitrogens is 2.